The van der Waals surface area contributed by atoms with Gasteiger partial charge in [-0.25, -0.2) is 8.42 Å². The van der Waals surface area contributed by atoms with Crippen LogP contribution in [0.2, 0.25) is 5.02 Å². The summed E-state index contributed by atoms with van der Waals surface area (Å²) in [7, 11) is -2.50. The zero-order valence-electron chi connectivity index (χ0n) is 16.4. The minimum Gasteiger partial charge on any atom is -0.497 e. The second-order valence-corrected chi connectivity index (χ2v) is 8.37. The molecular formula is C20H25ClN2O5S. The minimum absolute atomic E-state index is 0.0439. The van der Waals surface area contributed by atoms with Crippen molar-refractivity contribution >= 4 is 33.2 Å². The molecule has 0 unspecified atom stereocenters. The van der Waals surface area contributed by atoms with Crippen LogP contribution in [0.1, 0.15) is 13.3 Å². The van der Waals surface area contributed by atoms with Crippen LogP contribution in [0, 0.1) is 0 Å². The molecule has 0 radical (unpaired) electrons. The van der Waals surface area contributed by atoms with Crippen molar-refractivity contribution in [1.82, 2.24) is 5.32 Å². The molecule has 9 heteroatoms. The number of nitrogens with one attached hydrogen (secondary N) is 1. The number of rotatable bonds is 11. The molecule has 0 saturated carbocycles. The van der Waals surface area contributed by atoms with Crippen molar-refractivity contribution < 1.29 is 22.7 Å². The first kappa shape index (κ1) is 23.0. The number of ether oxygens (including phenoxy) is 2. The molecule has 0 saturated heterocycles. The van der Waals surface area contributed by atoms with E-state index in [9.17, 15) is 13.2 Å². The molecule has 0 aliphatic heterocycles. The van der Waals surface area contributed by atoms with E-state index in [2.05, 4.69) is 5.32 Å². The number of carbonyl (C=O) groups is 1. The van der Waals surface area contributed by atoms with Gasteiger partial charge in [0.1, 0.15) is 12.3 Å². The molecule has 0 aromatic heterocycles. The van der Waals surface area contributed by atoms with Gasteiger partial charge in [0.25, 0.3) is 10.0 Å². The molecule has 7 nitrogen and oxygen atoms in total. The van der Waals surface area contributed by atoms with Gasteiger partial charge in [0.15, 0.2) is 0 Å². The van der Waals surface area contributed by atoms with Crippen molar-refractivity contribution in [3.8, 4) is 5.75 Å². The number of hydrogen-bond donors (Lipinski definition) is 1. The van der Waals surface area contributed by atoms with Gasteiger partial charge in [0.2, 0.25) is 5.91 Å². The van der Waals surface area contributed by atoms with E-state index in [1.54, 1.807) is 30.3 Å². The monoisotopic (exact) mass is 440 g/mol. The van der Waals surface area contributed by atoms with E-state index in [0.717, 1.165) is 4.31 Å². The fourth-order valence-corrected chi connectivity index (χ4v) is 4.15. The van der Waals surface area contributed by atoms with Crippen LogP contribution in [-0.2, 0) is 19.6 Å². The smallest absolute Gasteiger partial charge is 0.264 e. The van der Waals surface area contributed by atoms with Gasteiger partial charge in [0.05, 0.1) is 17.7 Å². The number of anilines is 1. The van der Waals surface area contributed by atoms with E-state index in [1.165, 1.54) is 25.3 Å². The highest BCUT2D eigenvalue weighted by atomic mass is 35.5. The highest BCUT2D eigenvalue weighted by Gasteiger charge is 2.27. The quantitative estimate of drug-likeness (QED) is 0.543. The number of hydrogen-bond acceptors (Lipinski definition) is 5. The van der Waals surface area contributed by atoms with E-state index in [4.69, 9.17) is 21.1 Å². The summed E-state index contributed by atoms with van der Waals surface area (Å²) in [5.41, 5.74) is 0.304. The van der Waals surface area contributed by atoms with Crippen molar-refractivity contribution in [2.75, 3.05) is 37.7 Å². The van der Waals surface area contributed by atoms with Crippen LogP contribution in [0.25, 0.3) is 0 Å². The maximum absolute atomic E-state index is 13.2. The molecule has 0 spiro atoms. The molecule has 2 aromatic carbocycles. The molecular weight excluding hydrogens is 416 g/mol. The van der Waals surface area contributed by atoms with E-state index in [-0.39, 0.29) is 11.4 Å². The first-order valence-electron chi connectivity index (χ1n) is 9.15. The second-order valence-electron chi connectivity index (χ2n) is 6.07. The second kappa shape index (κ2) is 11.0. The van der Waals surface area contributed by atoms with Gasteiger partial charge >= 0.3 is 0 Å². The van der Waals surface area contributed by atoms with Crippen molar-refractivity contribution in [3.63, 3.8) is 0 Å². The van der Waals surface area contributed by atoms with Crippen LogP contribution in [-0.4, -0.2) is 47.7 Å². The van der Waals surface area contributed by atoms with Crippen LogP contribution >= 0.6 is 11.6 Å². The highest BCUT2D eigenvalue weighted by molar-refractivity contribution is 7.92. The van der Waals surface area contributed by atoms with Gasteiger partial charge in [-0.2, -0.15) is 0 Å². The Morgan fingerprint density at radius 1 is 1.17 bits per heavy atom. The number of methoxy groups -OCH3 is 1. The molecule has 0 aliphatic carbocycles. The standard InChI is InChI=1S/C20H25ClN2O5S/c1-3-28-13-5-12-22-20(24)15-23(17-7-4-6-16(21)14-17)29(25,26)19-10-8-18(27-2)9-11-19/h4,6-11,14H,3,5,12-13,15H2,1-2H3,(H,22,24). The van der Waals surface area contributed by atoms with Crippen LogP contribution in [0.3, 0.4) is 0 Å². The fraction of sp³-hybridized carbons (Fsp3) is 0.350. The van der Waals surface area contributed by atoms with Gasteiger partial charge in [-0.15, -0.1) is 0 Å². The summed E-state index contributed by atoms with van der Waals surface area (Å²) in [5.74, 6) is 0.115. The molecule has 29 heavy (non-hydrogen) atoms. The third kappa shape index (κ3) is 6.62. The van der Waals surface area contributed by atoms with Crippen molar-refractivity contribution in [3.05, 3.63) is 53.6 Å². The Morgan fingerprint density at radius 2 is 1.90 bits per heavy atom. The van der Waals surface area contributed by atoms with E-state index in [1.807, 2.05) is 6.92 Å². The van der Waals surface area contributed by atoms with Crippen LogP contribution in [0.15, 0.2) is 53.4 Å². The largest absolute Gasteiger partial charge is 0.497 e. The van der Waals surface area contributed by atoms with E-state index in [0.29, 0.717) is 42.6 Å². The maximum atomic E-state index is 13.2. The average Bonchev–Trinajstić information content (AvgIpc) is 2.71. The first-order chi connectivity index (χ1) is 13.9. The third-order valence-corrected chi connectivity index (χ3v) is 6.05. The summed E-state index contributed by atoms with van der Waals surface area (Å²) in [4.78, 5) is 12.5. The summed E-state index contributed by atoms with van der Waals surface area (Å²) in [5, 5.41) is 3.09. The average molecular weight is 441 g/mol. The summed E-state index contributed by atoms with van der Waals surface area (Å²) >= 11 is 6.04. The fourth-order valence-electron chi connectivity index (χ4n) is 2.55. The first-order valence-corrected chi connectivity index (χ1v) is 11.0. The number of halogens is 1. The van der Waals surface area contributed by atoms with Crippen molar-refractivity contribution in [2.45, 2.75) is 18.2 Å². The maximum Gasteiger partial charge on any atom is 0.264 e. The van der Waals surface area contributed by atoms with Crippen LogP contribution in [0.4, 0.5) is 5.69 Å². The number of benzene rings is 2. The predicted molar refractivity (Wildman–Crippen MR) is 113 cm³/mol. The van der Waals surface area contributed by atoms with Gasteiger partial charge in [-0.1, -0.05) is 17.7 Å². The third-order valence-electron chi connectivity index (χ3n) is 4.02. The van der Waals surface area contributed by atoms with E-state index < -0.39 is 15.9 Å². The van der Waals surface area contributed by atoms with Gasteiger partial charge in [0, 0.05) is 24.8 Å². The topological polar surface area (TPSA) is 84.9 Å². The number of amides is 1. The summed E-state index contributed by atoms with van der Waals surface area (Å²) in [6.07, 6.45) is 0.641. The molecule has 0 bridgehead atoms. The number of carbonyl (C=O) groups excluding carboxylic acids is 1. The molecule has 0 fully saturated rings. The van der Waals surface area contributed by atoms with Crippen LogP contribution in [0.5, 0.6) is 5.75 Å². The minimum atomic E-state index is -4.00. The number of nitrogens with zero attached hydrogens (tertiary/aromatic N) is 1. The summed E-state index contributed by atoms with van der Waals surface area (Å²) in [6, 6.07) is 12.3. The zero-order chi connectivity index (χ0) is 21.3. The molecule has 1 amide bonds. The lowest BCUT2D eigenvalue weighted by Crippen LogP contribution is -2.41. The highest BCUT2D eigenvalue weighted by Crippen LogP contribution is 2.27. The Hall–Kier alpha value is -2.29. The lowest BCUT2D eigenvalue weighted by atomic mass is 10.3. The van der Waals surface area contributed by atoms with Gasteiger partial charge in [-0.3, -0.25) is 9.10 Å². The number of sulfonamides is 1. The van der Waals surface area contributed by atoms with Gasteiger partial charge < -0.3 is 14.8 Å². The van der Waals surface area contributed by atoms with Crippen molar-refractivity contribution in [2.24, 2.45) is 0 Å². The van der Waals surface area contributed by atoms with Crippen molar-refractivity contribution in [1.29, 1.82) is 0 Å². The lowest BCUT2D eigenvalue weighted by molar-refractivity contribution is -0.119. The van der Waals surface area contributed by atoms with Gasteiger partial charge in [-0.05, 0) is 55.8 Å². The Morgan fingerprint density at radius 3 is 2.52 bits per heavy atom. The lowest BCUT2D eigenvalue weighted by Gasteiger charge is -2.24. The predicted octanol–water partition coefficient (Wildman–Crippen LogP) is 3.09. The molecule has 2 aromatic rings. The molecule has 1 N–H and O–H groups in total. The SMILES string of the molecule is CCOCCCNC(=O)CN(c1cccc(Cl)c1)S(=O)(=O)c1ccc(OC)cc1. The van der Waals surface area contributed by atoms with E-state index >= 15 is 0 Å². The summed E-state index contributed by atoms with van der Waals surface area (Å²) in [6.45, 7) is 3.05. The van der Waals surface area contributed by atoms with Crippen LogP contribution < -0.4 is 14.4 Å². The Labute approximate surface area is 176 Å². The molecule has 0 heterocycles. The Balaban J connectivity index is 2.24. The molecule has 2 rings (SSSR count). The Kier molecular flexibility index (Phi) is 8.75. The molecule has 0 atom stereocenters. The summed E-state index contributed by atoms with van der Waals surface area (Å²) < 4.78 is 37.8. The Bertz CT molecular complexity index is 903. The normalized spacial score (nSPS) is 11.1. The molecule has 0 aliphatic rings. The molecule has 158 valence electrons. The zero-order valence-corrected chi connectivity index (χ0v) is 18.0.